The molecule has 6 nitrogen and oxygen atoms in total. The first-order valence-corrected chi connectivity index (χ1v) is 13.1. The predicted molar refractivity (Wildman–Crippen MR) is 114 cm³/mol. The molecule has 2 atom stereocenters. The number of carbonyl (C=O) groups is 2. The zero-order chi connectivity index (χ0) is 21.8. The summed E-state index contributed by atoms with van der Waals surface area (Å²) in [5.41, 5.74) is -0.584. The Kier molecular flexibility index (Phi) is 8.32. The van der Waals surface area contributed by atoms with E-state index in [2.05, 4.69) is 33.9 Å². The van der Waals surface area contributed by atoms with Crippen LogP contribution < -0.4 is 0 Å². The van der Waals surface area contributed by atoms with E-state index in [1.807, 2.05) is 20.8 Å². The van der Waals surface area contributed by atoms with Gasteiger partial charge in [-0.2, -0.15) is 0 Å². The first-order valence-electron chi connectivity index (χ1n) is 10.2. The van der Waals surface area contributed by atoms with Crippen molar-refractivity contribution in [3.8, 4) is 0 Å². The molecule has 1 aliphatic rings. The highest BCUT2D eigenvalue weighted by Gasteiger charge is 2.43. The van der Waals surface area contributed by atoms with Crippen molar-refractivity contribution in [1.82, 2.24) is 4.90 Å². The van der Waals surface area contributed by atoms with E-state index in [9.17, 15) is 9.59 Å². The molecule has 0 aromatic heterocycles. The molecule has 7 heteroatoms. The largest absolute Gasteiger partial charge is 0.463 e. The fraction of sp³-hybridized carbons (Fsp3) is 0.810. The highest BCUT2D eigenvalue weighted by Crippen LogP contribution is 2.39. The lowest BCUT2D eigenvalue weighted by atomic mass is 9.99. The standard InChI is InChI=1S/C21H39NO5Si/c1-10-25-18(23)14-13-16-17(27-28(8,9)21(5,6)7)12-11-15-22(16)19(24)26-20(2,3)4/h13-14,16-17H,10-12,15H2,1-9H3/b14-13+/t16-,17?/m1/s1. The van der Waals surface area contributed by atoms with Crippen molar-refractivity contribution in [3.05, 3.63) is 12.2 Å². The Morgan fingerprint density at radius 3 is 2.25 bits per heavy atom. The first kappa shape index (κ1) is 24.7. The van der Waals surface area contributed by atoms with Gasteiger partial charge in [-0.25, -0.2) is 9.59 Å². The Morgan fingerprint density at radius 1 is 1.14 bits per heavy atom. The Hall–Kier alpha value is -1.34. The van der Waals surface area contributed by atoms with Crippen LogP contribution in [0.25, 0.3) is 0 Å². The molecule has 0 radical (unpaired) electrons. The van der Waals surface area contributed by atoms with Crippen LogP contribution in [0.5, 0.6) is 0 Å². The van der Waals surface area contributed by atoms with Crippen LogP contribution in [0.3, 0.4) is 0 Å². The maximum Gasteiger partial charge on any atom is 0.410 e. The minimum atomic E-state index is -2.05. The topological polar surface area (TPSA) is 65.1 Å². The average molecular weight is 414 g/mol. The van der Waals surface area contributed by atoms with Gasteiger partial charge in [0.05, 0.1) is 18.8 Å². The summed E-state index contributed by atoms with van der Waals surface area (Å²) < 4.78 is 17.3. The molecule has 162 valence electrons. The lowest BCUT2D eigenvalue weighted by Gasteiger charge is -2.46. The van der Waals surface area contributed by atoms with E-state index in [0.29, 0.717) is 13.2 Å². The predicted octanol–water partition coefficient (Wildman–Crippen LogP) is 4.90. The van der Waals surface area contributed by atoms with E-state index in [1.54, 1.807) is 17.9 Å². The number of hydrogen-bond acceptors (Lipinski definition) is 5. The van der Waals surface area contributed by atoms with Gasteiger partial charge in [0.1, 0.15) is 5.60 Å². The van der Waals surface area contributed by atoms with Gasteiger partial charge in [0.25, 0.3) is 0 Å². The summed E-state index contributed by atoms with van der Waals surface area (Å²) in [6, 6.07) is -0.359. The molecule has 0 aliphatic carbocycles. The van der Waals surface area contributed by atoms with Crippen molar-refractivity contribution in [2.75, 3.05) is 13.2 Å². The van der Waals surface area contributed by atoms with Crippen LogP contribution >= 0.6 is 0 Å². The quantitative estimate of drug-likeness (QED) is 0.364. The zero-order valence-corrected chi connectivity index (χ0v) is 20.1. The second kappa shape index (κ2) is 9.44. The molecule has 0 aromatic rings. The van der Waals surface area contributed by atoms with Crippen molar-refractivity contribution in [2.24, 2.45) is 0 Å². The van der Waals surface area contributed by atoms with E-state index in [-0.39, 0.29) is 23.3 Å². The van der Waals surface area contributed by atoms with E-state index in [4.69, 9.17) is 13.9 Å². The normalized spacial score (nSPS) is 21.7. The summed E-state index contributed by atoms with van der Waals surface area (Å²) in [6.45, 7) is 19.2. The number of likely N-dealkylation sites (tertiary alicyclic amines) is 1. The van der Waals surface area contributed by atoms with Gasteiger partial charge in [0.2, 0.25) is 0 Å². The van der Waals surface area contributed by atoms with Gasteiger partial charge < -0.3 is 13.9 Å². The third-order valence-corrected chi connectivity index (χ3v) is 9.73. The number of piperidine rings is 1. The number of carbonyl (C=O) groups excluding carboxylic acids is 2. The molecule has 0 bridgehead atoms. The van der Waals surface area contributed by atoms with Crippen LogP contribution in [0.1, 0.15) is 61.3 Å². The third-order valence-electron chi connectivity index (χ3n) is 5.22. The Balaban J connectivity index is 3.14. The molecule has 1 aliphatic heterocycles. The molecule has 1 unspecified atom stereocenters. The van der Waals surface area contributed by atoms with Crippen LogP contribution in [0.2, 0.25) is 18.1 Å². The SMILES string of the molecule is CCOC(=O)/C=C/[C@@H]1C(O[Si](C)(C)C(C)(C)C)CCCN1C(=O)OC(C)(C)C. The fourth-order valence-electron chi connectivity index (χ4n) is 2.80. The molecular weight excluding hydrogens is 374 g/mol. The second-order valence-electron chi connectivity index (χ2n) is 9.83. The van der Waals surface area contributed by atoms with Crippen LogP contribution in [-0.2, 0) is 18.7 Å². The van der Waals surface area contributed by atoms with Crippen LogP contribution in [0, 0.1) is 0 Å². The average Bonchev–Trinajstić information content (AvgIpc) is 2.50. The summed E-state index contributed by atoms with van der Waals surface area (Å²) in [7, 11) is -2.05. The second-order valence-corrected chi connectivity index (χ2v) is 14.6. The van der Waals surface area contributed by atoms with Gasteiger partial charge in [-0.1, -0.05) is 26.8 Å². The molecule has 28 heavy (non-hydrogen) atoms. The van der Waals surface area contributed by atoms with Crippen molar-refractivity contribution in [2.45, 2.75) is 97.2 Å². The summed E-state index contributed by atoms with van der Waals surface area (Å²) >= 11 is 0. The van der Waals surface area contributed by atoms with E-state index >= 15 is 0 Å². The first-order chi connectivity index (χ1) is 12.7. The van der Waals surface area contributed by atoms with E-state index < -0.39 is 19.9 Å². The number of amides is 1. The Morgan fingerprint density at radius 2 is 1.75 bits per heavy atom. The van der Waals surface area contributed by atoms with E-state index in [1.165, 1.54) is 6.08 Å². The number of ether oxygens (including phenoxy) is 2. The van der Waals surface area contributed by atoms with Gasteiger partial charge in [0.15, 0.2) is 8.32 Å². The van der Waals surface area contributed by atoms with Crippen LogP contribution in [-0.4, -0.2) is 56.2 Å². The van der Waals surface area contributed by atoms with Crippen molar-refractivity contribution in [1.29, 1.82) is 0 Å². The zero-order valence-electron chi connectivity index (χ0n) is 19.1. The summed E-state index contributed by atoms with van der Waals surface area (Å²) in [6.07, 6.45) is 4.26. The molecular formula is C21H39NO5Si. The van der Waals surface area contributed by atoms with Gasteiger partial charge in [-0.15, -0.1) is 0 Å². The smallest absolute Gasteiger partial charge is 0.410 e. The van der Waals surface area contributed by atoms with Gasteiger partial charge >= 0.3 is 12.1 Å². The van der Waals surface area contributed by atoms with E-state index in [0.717, 1.165) is 12.8 Å². The molecule has 1 fully saturated rings. The van der Waals surface area contributed by atoms with Crippen molar-refractivity contribution >= 4 is 20.4 Å². The molecule has 0 N–H and O–H groups in total. The van der Waals surface area contributed by atoms with Crippen molar-refractivity contribution in [3.63, 3.8) is 0 Å². The Bertz CT molecular complexity index is 574. The van der Waals surface area contributed by atoms with Gasteiger partial charge in [-0.05, 0) is 58.7 Å². The number of rotatable bonds is 5. The Labute approximate surface area is 171 Å². The molecule has 1 amide bonds. The maximum atomic E-state index is 12.8. The molecule has 1 rings (SSSR count). The van der Waals surface area contributed by atoms with Gasteiger partial charge in [0, 0.05) is 12.6 Å². The van der Waals surface area contributed by atoms with Gasteiger partial charge in [-0.3, -0.25) is 4.90 Å². The summed E-state index contributed by atoms with van der Waals surface area (Å²) in [4.78, 5) is 26.4. The monoisotopic (exact) mass is 413 g/mol. The summed E-state index contributed by atoms with van der Waals surface area (Å²) in [5.74, 6) is -0.414. The maximum absolute atomic E-state index is 12.8. The molecule has 0 spiro atoms. The molecule has 0 aromatic carbocycles. The fourth-order valence-corrected chi connectivity index (χ4v) is 4.16. The third kappa shape index (κ3) is 7.24. The van der Waals surface area contributed by atoms with Crippen LogP contribution in [0.4, 0.5) is 4.79 Å². The minimum absolute atomic E-state index is 0.0522. The van der Waals surface area contributed by atoms with Crippen molar-refractivity contribution < 1.29 is 23.5 Å². The molecule has 0 saturated carbocycles. The highest BCUT2D eigenvalue weighted by atomic mass is 28.4. The van der Waals surface area contributed by atoms with Crippen LogP contribution in [0.15, 0.2) is 12.2 Å². The lowest BCUT2D eigenvalue weighted by Crippen LogP contribution is -2.56. The number of esters is 1. The molecule has 1 saturated heterocycles. The lowest BCUT2D eigenvalue weighted by molar-refractivity contribution is -0.137. The number of hydrogen-bond donors (Lipinski definition) is 0. The summed E-state index contributed by atoms with van der Waals surface area (Å²) in [5, 5.41) is 0.0522. The molecule has 1 heterocycles. The highest BCUT2D eigenvalue weighted by molar-refractivity contribution is 6.74. The minimum Gasteiger partial charge on any atom is -0.463 e. The number of nitrogens with zero attached hydrogens (tertiary/aromatic N) is 1.